The Morgan fingerprint density at radius 1 is 1.07 bits per heavy atom. The third kappa shape index (κ3) is 3.47. The summed E-state index contributed by atoms with van der Waals surface area (Å²) >= 11 is 1.51. The Kier molecular flexibility index (Phi) is 4.58. The first-order valence-electron chi connectivity index (χ1n) is 8.30. The summed E-state index contributed by atoms with van der Waals surface area (Å²) in [5.74, 6) is 0.447. The van der Waals surface area contributed by atoms with Crippen LogP contribution in [0.3, 0.4) is 0 Å². The summed E-state index contributed by atoms with van der Waals surface area (Å²) < 4.78 is 0. The Morgan fingerprint density at radius 3 is 2.64 bits per heavy atom. The number of nitrogens with zero attached hydrogens (tertiary/aromatic N) is 3. The number of nitrogens with two attached hydrogens (primary N) is 1. The molecule has 2 amide bonds. The number of carbonyl (C=O) groups excluding carboxylic acids is 1. The van der Waals surface area contributed by atoms with Gasteiger partial charge in [0.1, 0.15) is 17.0 Å². The molecule has 0 aliphatic carbocycles. The molecule has 136 valence electrons. The SMILES string of the molecule is N#Cc1cccc(NC(=O)Nc2ccc(-c3csc4ncnc(N)c34)cc2)c1. The van der Waals surface area contributed by atoms with Gasteiger partial charge in [-0.15, -0.1) is 11.3 Å². The normalized spacial score (nSPS) is 10.4. The molecule has 0 spiro atoms. The minimum Gasteiger partial charge on any atom is -0.383 e. The molecule has 0 radical (unpaired) electrons. The van der Waals surface area contributed by atoms with Gasteiger partial charge in [0.15, 0.2) is 0 Å². The van der Waals surface area contributed by atoms with Crippen molar-refractivity contribution in [3.8, 4) is 17.2 Å². The zero-order chi connectivity index (χ0) is 19.5. The fourth-order valence-corrected chi connectivity index (χ4v) is 3.73. The predicted octanol–water partition coefficient (Wildman–Crippen LogP) is 4.46. The number of fused-ring (bicyclic) bond motifs is 1. The Balaban J connectivity index is 1.50. The van der Waals surface area contributed by atoms with E-state index >= 15 is 0 Å². The smallest absolute Gasteiger partial charge is 0.323 e. The van der Waals surface area contributed by atoms with Crippen molar-refractivity contribution < 1.29 is 4.79 Å². The molecule has 4 N–H and O–H groups in total. The van der Waals surface area contributed by atoms with Gasteiger partial charge >= 0.3 is 6.03 Å². The van der Waals surface area contributed by atoms with Crippen LogP contribution in [0, 0.1) is 11.3 Å². The molecule has 7 nitrogen and oxygen atoms in total. The van der Waals surface area contributed by atoms with Crippen LogP contribution in [0.15, 0.2) is 60.2 Å². The van der Waals surface area contributed by atoms with Gasteiger partial charge in [-0.05, 0) is 35.9 Å². The molecule has 0 atom stereocenters. The van der Waals surface area contributed by atoms with Crippen molar-refractivity contribution in [2.24, 2.45) is 0 Å². The minimum absolute atomic E-state index is 0.388. The number of hydrogen-bond acceptors (Lipinski definition) is 6. The Labute approximate surface area is 164 Å². The highest BCUT2D eigenvalue weighted by atomic mass is 32.1. The largest absolute Gasteiger partial charge is 0.383 e. The van der Waals surface area contributed by atoms with Crippen molar-refractivity contribution in [1.82, 2.24) is 9.97 Å². The summed E-state index contributed by atoms with van der Waals surface area (Å²) in [6.07, 6.45) is 1.45. The van der Waals surface area contributed by atoms with Crippen LogP contribution in [-0.2, 0) is 0 Å². The molecule has 4 rings (SSSR count). The number of thiophene rings is 1. The maximum atomic E-state index is 12.2. The first-order chi connectivity index (χ1) is 13.6. The Morgan fingerprint density at radius 2 is 1.86 bits per heavy atom. The van der Waals surface area contributed by atoms with Crippen molar-refractivity contribution in [1.29, 1.82) is 5.26 Å². The summed E-state index contributed by atoms with van der Waals surface area (Å²) in [5, 5.41) is 17.2. The number of aromatic nitrogens is 2. The van der Waals surface area contributed by atoms with Crippen molar-refractivity contribution in [3.63, 3.8) is 0 Å². The molecule has 2 heterocycles. The highest BCUT2D eigenvalue weighted by molar-refractivity contribution is 7.17. The van der Waals surface area contributed by atoms with Crippen molar-refractivity contribution in [2.45, 2.75) is 0 Å². The third-order valence-corrected chi connectivity index (χ3v) is 4.99. The maximum Gasteiger partial charge on any atom is 0.323 e. The molecule has 0 fully saturated rings. The lowest BCUT2D eigenvalue weighted by atomic mass is 10.1. The van der Waals surface area contributed by atoms with Gasteiger partial charge in [-0.2, -0.15) is 5.26 Å². The fourth-order valence-electron chi connectivity index (χ4n) is 2.80. The topological polar surface area (TPSA) is 117 Å². The summed E-state index contributed by atoms with van der Waals surface area (Å²) in [7, 11) is 0. The van der Waals surface area contributed by atoms with Gasteiger partial charge in [0.2, 0.25) is 0 Å². The van der Waals surface area contributed by atoms with E-state index in [2.05, 4.69) is 20.6 Å². The van der Waals surface area contributed by atoms with Crippen LogP contribution in [0.25, 0.3) is 21.3 Å². The summed E-state index contributed by atoms with van der Waals surface area (Å²) in [6.45, 7) is 0. The number of urea groups is 1. The van der Waals surface area contributed by atoms with Crippen LogP contribution >= 0.6 is 11.3 Å². The second kappa shape index (κ2) is 7.34. The highest BCUT2D eigenvalue weighted by Gasteiger charge is 2.11. The van der Waals surface area contributed by atoms with Crippen LogP contribution in [-0.4, -0.2) is 16.0 Å². The van der Waals surface area contributed by atoms with Gasteiger partial charge in [-0.1, -0.05) is 18.2 Å². The monoisotopic (exact) mass is 386 g/mol. The molecule has 0 saturated heterocycles. The number of hydrogen-bond donors (Lipinski definition) is 3. The van der Waals surface area contributed by atoms with Gasteiger partial charge < -0.3 is 16.4 Å². The number of rotatable bonds is 3. The van der Waals surface area contributed by atoms with E-state index in [1.165, 1.54) is 17.7 Å². The number of carbonyl (C=O) groups is 1. The van der Waals surface area contributed by atoms with Gasteiger partial charge in [0, 0.05) is 22.3 Å². The van der Waals surface area contributed by atoms with Crippen molar-refractivity contribution in [3.05, 3.63) is 65.8 Å². The first kappa shape index (κ1) is 17.5. The van der Waals surface area contributed by atoms with Crippen LogP contribution in [0.5, 0.6) is 0 Å². The first-order valence-corrected chi connectivity index (χ1v) is 9.18. The number of nitrogens with one attached hydrogen (secondary N) is 2. The van der Waals surface area contributed by atoms with E-state index in [9.17, 15) is 4.79 Å². The Hall–Kier alpha value is -3.96. The summed E-state index contributed by atoms with van der Waals surface area (Å²) in [4.78, 5) is 21.3. The van der Waals surface area contributed by atoms with E-state index in [0.29, 0.717) is 22.8 Å². The van der Waals surface area contributed by atoms with E-state index in [0.717, 1.165) is 21.3 Å². The molecule has 4 aromatic rings. The van der Waals surface area contributed by atoms with E-state index in [-0.39, 0.29) is 6.03 Å². The lowest BCUT2D eigenvalue weighted by Crippen LogP contribution is -2.19. The van der Waals surface area contributed by atoms with Crippen molar-refractivity contribution >= 4 is 44.8 Å². The molecular formula is C20H14N6OS. The van der Waals surface area contributed by atoms with E-state index in [1.54, 1.807) is 24.3 Å². The van der Waals surface area contributed by atoms with Gasteiger partial charge in [-0.25, -0.2) is 14.8 Å². The molecule has 28 heavy (non-hydrogen) atoms. The molecule has 2 aromatic carbocycles. The molecule has 0 unspecified atom stereocenters. The Bertz CT molecular complexity index is 1210. The number of nitriles is 1. The van der Waals surface area contributed by atoms with Crippen LogP contribution < -0.4 is 16.4 Å². The molecule has 0 aliphatic heterocycles. The number of amides is 2. The molecule has 2 aromatic heterocycles. The highest BCUT2D eigenvalue weighted by Crippen LogP contribution is 2.35. The standard InChI is InChI=1S/C20H14N6OS/c21-9-12-2-1-3-15(8-12)26-20(27)25-14-6-4-13(5-7-14)16-10-28-19-17(16)18(22)23-11-24-19/h1-8,10-11H,(H2,22,23,24)(H2,25,26,27). The zero-order valence-electron chi connectivity index (χ0n) is 14.5. The third-order valence-electron chi connectivity index (χ3n) is 4.10. The minimum atomic E-state index is -0.388. The average molecular weight is 386 g/mol. The van der Waals surface area contributed by atoms with E-state index in [4.69, 9.17) is 11.0 Å². The number of anilines is 3. The molecule has 0 bridgehead atoms. The second-order valence-corrected chi connectivity index (χ2v) is 6.80. The summed E-state index contributed by atoms with van der Waals surface area (Å²) in [6, 6.07) is 15.8. The van der Waals surface area contributed by atoms with E-state index < -0.39 is 0 Å². The zero-order valence-corrected chi connectivity index (χ0v) is 15.3. The summed E-state index contributed by atoms with van der Waals surface area (Å²) in [5.41, 5.74) is 9.59. The van der Waals surface area contributed by atoms with Gasteiger partial charge in [0.25, 0.3) is 0 Å². The molecular weight excluding hydrogens is 372 g/mol. The van der Waals surface area contributed by atoms with Crippen molar-refractivity contribution in [2.75, 3.05) is 16.4 Å². The molecule has 8 heteroatoms. The van der Waals surface area contributed by atoms with Crippen LogP contribution in [0.2, 0.25) is 0 Å². The maximum absolute atomic E-state index is 12.2. The predicted molar refractivity (Wildman–Crippen MR) is 111 cm³/mol. The lowest BCUT2D eigenvalue weighted by molar-refractivity contribution is 0.262. The van der Waals surface area contributed by atoms with Crippen LogP contribution in [0.4, 0.5) is 22.0 Å². The number of nitrogen functional groups attached to an aromatic ring is 1. The average Bonchev–Trinajstić information content (AvgIpc) is 3.14. The second-order valence-electron chi connectivity index (χ2n) is 5.94. The fraction of sp³-hybridized carbons (Fsp3) is 0. The molecule has 0 aliphatic rings. The molecule has 0 saturated carbocycles. The quantitative estimate of drug-likeness (QED) is 0.481. The van der Waals surface area contributed by atoms with Gasteiger partial charge in [0.05, 0.1) is 17.0 Å². The van der Waals surface area contributed by atoms with Gasteiger partial charge in [-0.3, -0.25) is 0 Å². The lowest BCUT2D eigenvalue weighted by Gasteiger charge is -2.09. The number of benzene rings is 2. The van der Waals surface area contributed by atoms with E-state index in [1.807, 2.05) is 35.7 Å². The van der Waals surface area contributed by atoms with Crippen LogP contribution in [0.1, 0.15) is 5.56 Å².